The van der Waals surface area contributed by atoms with Crippen LogP contribution >= 0.6 is 0 Å². The Morgan fingerprint density at radius 1 is 0.708 bits per heavy atom. The SMILES string of the molecule is COc1ccc2cc1Oc1ccc(cc1)C[C@H]1c3cc(c(OC)cc3CCN1C)Oc1c(OC)c(OC)cc3c1[C@H](C2)[N+](C)(C)CC3.[Cl-]. The number of hydrogen-bond donors (Lipinski definition) is 0. The Balaban J connectivity index is 0.00000401. The van der Waals surface area contributed by atoms with Crippen molar-refractivity contribution in [1.29, 1.82) is 0 Å². The second-order valence-electron chi connectivity index (χ2n) is 13.5. The molecule has 4 aliphatic heterocycles. The zero-order chi connectivity index (χ0) is 32.9. The van der Waals surface area contributed by atoms with E-state index >= 15 is 0 Å². The quantitative estimate of drug-likeness (QED) is 0.300. The van der Waals surface area contributed by atoms with E-state index in [1.54, 1.807) is 28.4 Å². The van der Waals surface area contributed by atoms with Gasteiger partial charge in [0.25, 0.3) is 0 Å². The first-order chi connectivity index (χ1) is 22.7. The summed E-state index contributed by atoms with van der Waals surface area (Å²) in [6.07, 6.45) is 3.42. The molecular weight excluding hydrogens is 628 g/mol. The number of halogens is 1. The standard InChI is InChI=1S/C39H45N2O6.ClH/c1-40-16-14-26-21-33(43-5)35-23-29(26)30(40)18-24-8-11-28(12-9-24)46-34-20-25(10-13-32(34)42-4)19-31-37-27(15-17-41(31,2)3)22-36(44-6)38(45-7)39(37)47-35;/h8-13,20-23,30-31H,14-19H2,1-7H3;1H/q+1;/p-1/t30-,31-;/m0./s1. The number of nitrogens with zero attached hydrogens (tertiary/aromatic N) is 2. The van der Waals surface area contributed by atoms with E-state index in [0.29, 0.717) is 40.2 Å². The Labute approximate surface area is 290 Å². The maximum Gasteiger partial charge on any atom is 0.204 e. The lowest BCUT2D eigenvalue weighted by atomic mass is 9.85. The first kappa shape index (κ1) is 33.8. The summed E-state index contributed by atoms with van der Waals surface area (Å²) in [5.41, 5.74) is 7.23. The van der Waals surface area contributed by atoms with Gasteiger partial charge in [0.2, 0.25) is 5.75 Å². The van der Waals surface area contributed by atoms with Gasteiger partial charge in [0.05, 0.1) is 54.6 Å². The summed E-state index contributed by atoms with van der Waals surface area (Å²) in [6, 6.07) is 21.4. The van der Waals surface area contributed by atoms with Gasteiger partial charge >= 0.3 is 0 Å². The van der Waals surface area contributed by atoms with E-state index < -0.39 is 0 Å². The number of hydrogen-bond acceptors (Lipinski definition) is 7. The molecule has 0 spiro atoms. The van der Waals surface area contributed by atoms with E-state index in [-0.39, 0.29) is 24.5 Å². The second kappa shape index (κ2) is 13.4. The highest BCUT2D eigenvalue weighted by molar-refractivity contribution is 5.63. The molecule has 4 aromatic carbocycles. The summed E-state index contributed by atoms with van der Waals surface area (Å²) in [5.74, 6) is 5.47. The Morgan fingerprint density at radius 3 is 2.10 bits per heavy atom. The topological polar surface area (TPSA) is 58.6 Å². The summed E-state index contributed by atoms with van der Waals surface area (Å²) in [7, 11) is 13.6. The minimum atomic E-state index is 0. The fourth-order valence-corrected chi connectivity index (χ4v) is 7.61. The van der Waals surface area contributed by atoms with Crippen LogP contribution in [0, 0.1) is 0 Å². The molecule has 0 radical (unpaired) electrons. The normalized spacial score (nSPS) is 19.3. The number of ether oxygens (including phenoxy) is 6. The molecule has 2 atom stereocenters. The number of rotatable bonds is 4. The maximum absolute atomic E-state index is 7.09. The molecule has 0 aromatic heterocycles. The van der Waals surface area contributed by atoms with E-state index in [1.807, 2.05) is 6.07 Å². The summed E-state index contributed by atoms with van der Waals surface area (Å²) < 4.78 is 38.1. The largest absolute Gasteiger partial charge is 1.00 e. The zero-order valence-corrected chi connectivity index (χ0v) is 29.6. The molecule has 254 valence electrons. The Bertz CT molecular complexity index is 1810. The molecule has 0 unspecified atom stereocenters. The van der Waals surface area contributed by atoms with Crippen LogP contribution in [0.4, 0.5) is 0 Å². The van der Waals surface area contributed by atoms with Gasteiger partial charge < -0.3 is 45.3 Å². The van der Waals surface area contributed by atoms with E-state index in [4.69, 9.17) is 28.4 Å². The fraction of sp³-hybridized carbons (Fsp3) is 0.385. The van der Waals surface area contributed by atoms with Crippen molar-refractivity contribution < 1.29 is 45.3 Å². The molecule has 0 amide bonds. The predicted molar refractivity (Wildman–Crippen MR) is 182 cm³/mol. The molecule has 8 rings (SSSR count). The van der Waals surface area contributed by atoms with Gasteiger partial charge in [-0.3, -0.25) is 4.90 Å². The highest BCUT2D eigenvalue weighted by atomic mass is 35.5. The molecule has 4 aromatic rings. The van der Waals surface area contributed by atoms with Crippen LogP contribution in [0.1, 0.15) is 45.5 Å². The molecule has 6 bridgehead atoms. The van der Waals surface area contributed by atoms with Crippen LogP contribution < -0.4 is 40.8 Å². The molecule has 0 aliphatic carbocycles. The van der Waals surface area contributed by atoms with Crippen molar-refractivity contribution in [1.82, 2.24) is 4.90 Å². The van der Waals surface area contributed by atoms with E-state index in [1.165, 1.54) is 22.3 Å². The van der Waals surface area contributed by atoms with Crippen molar-refractivity contribution in [3.8, 4) is 46.0 Å². The average molecular weight is 673 g/mol. The Kier molecular flexibility index (Phi) is 9.44. The number of quaternary nitrogens is 1. The van der Waals surface area contributed by atoms with Crippen LogP contribution in [0.5, 0.6) is 46.0 Å². The second-order valence-corrected chi connectivity index (χ2v) is 13.5. The van der Waals surface area contributed by atoms with Gasteiger partial charge in [-0.25, -0.2) is 0 Å². The van der Waals surface area contributed by atoms with Crippen molar-refractivity contribution >= 4 is 0 Å². The minimum absolute atomic E-state index is 0. The highest BCUT2D eigenvalue weighted by Crippen LogP contribution is 2.53. The minimum Gasteiger partial charge on any atom is -1.00 e. The summed E-state index contributed by atoms with van der Waals surface area (Å²) in [4.78, 5) is 2.43. The summed E-state index contributed by atoms with van der Waals surface area (Å²) >= 11 is 0. The third-order valence-corrected chi connectivity index (χ3v) is 10.4. The van der Waals surface area contributed by atoms with E-state index in [2.05, 4.69) is 80.6 Å². The van der Waals surface area contributed by atoms with Gasteiger partial charge in [0.15, 0.2) is 34.5 Å². The Morgan fingerprint density at radius 2 is 1.40 bits per heavy atom. The van der Waals surface area contributed by atoms with E-state index in [9.17, 15) is 0 Å². The van der Waals surface area contributed by atoms with Gasteiger partial charge in [-0.05, 0) is 90.2 Å². The molecule has 0 saturated carbocycles. The van der Waals surface area contributed by atoms with Gasteiger partial charge in [-0.15, -0.1) is 0 Å². The van der Waals surface area contributed by atoms with Crippen molar-refractivity contribution in [2.45, 2.75) is 37.8 Å². The first-order valence-electron chi connectivity index (χ1n) is 16.4. The number of fused-ring (bicyclic) bond motifs is 2. The lowest BCUT2D eigenvalue weighted by molar-refractivity contribution is -0.923. The smallest absolute Gasteiger partial charge is 0.204 e. The number of benzene rings is 4. The molecule has 4 aliphatic rings. The van der Waals surface area contributed by atoms with Gasteiger partial charge in [-0.2, -0.15) is 0 Å². The van der Waals surface area contributed by atoms with Crippen molar-refractivity contribution in [3.63, 3.8) is 0 Å². The van der Waals surface area contributed by atoms with Crippen LogP contribution in [0.2, 0.25) is 0 Å². The molecule has 0 saturated heterocycles. The van der Waals surface area contributed by atoms with E-state index in [0.717, 1.165) is 60.1 Å². The van der Waals surface area contributed by atoms with Gasteiger partial charge in [0.1, 0.15) is 11.8 Å². The first-order valence-corrected chi connectivity index (χ1v) is 16.4. The van der Waals surface area contributed by atoms with Crippen LogP contribution in [0.15, 0.2) is 60.7 Å². The molecule has 9 heteroatoms. The van der Waals surface area contributed by atoms with Crippen LogP contribution in [0.25, 0.3) is 0 Å². The number of methoxy groups -OCH3 is 4. The van der Waals surface area contributed by atoms with Crippen LogP contribution in [0.3, 0.4) is 0 Å². The molecule has 48 heavy (non-hydrogen) atoms. The summed E-state index contributed by atoms with van der Waals surface area (Å²) in [5, 5.41) is 0. The molecule has 8 nitrogen and oxygen atoms in total. The third-order valence-electron chi connectivity index (χ3n) is 10.4. The molecular formula is C39H45ClN2O6. The monoisotopic (exact) mass is 672 g/mol. The predicted octanol–water partition coefficient (Wildman–Crippen LogP) is 4.31. The van der Waals surface area contributed by atoms with Crippen LogP contribution in [-0.2, 0) is 25.7 Å². The van der Waals surface area contributed by atoms with Gasteiger partial charge in [-0.1, -0.05) is 18.2 Å². The molecule has 4 heterocycles. The summed E-state index contributed by atoms with van der Waals surface area (Å²) in [6.45, 7) is 1.93. The molecule has 0 fully saturated rings. The average Bonchev–Trinajstić information content (AvgIpc) is 3.07. The highest BCUT2D eigenvalue weighted by Gasteiger charge is 2.41. The fourth-order valence-electron chi connectivity index (χ4n) is 7.61. The van der Waals surface area contributed by atoms with Crippen molar-refractivity contribution in [2.24, 2.45) is 0 Å². The number of likely N-dealkylation sites (N-methyl/N-ethyl adjacent to an activating group) is 2. The van der Waals surface area contributed by atoms with Crippen molar-refractivity contribution in [3.05, 3.63) is 94.0 Å². The zero-order valence-electron chi connectivity index (χ0n) is 28.9. The Hall–Kier alpha value is -4.11. The third kappa shape index (κ3) is 6.02. The lowest BCUT2D eigenvalue weighted by Crippen LogP contribution is -3.00. The van der Waals surface area contributed by atoms with Crippen molar-refractivity contribution in [2.75, 3.05) is 62.7 Å². The van der Waals surface area contributed by atoms with Gasteiger partial charge in [0, 0.05) is 25.4 Å². The van der Waals surface area contributed by atoms with Crippen LogP contribution in [-0.4, -0.2) is 72.1 Å². The molecule has 0 N–H and O–H groups in total. The maximum atomic E-state index is 7.09. The lowest BCUT2D eigenvalue weighted by Gasteiger charge is -2.43.